The van der Waals surface area contributed by atoms with Gasteiger partial charge in [0.25, 0.3) is 5.97 Å². The minimum absolute atomic E-state index is 0.221. The lowest BCUT2D eigenvalue weighted by Gasteiger charge is -2.30. The monoisotopic (exact) mass is 606 g/mol. The summed E-state index contributed by atoms with van der Waals surface area (Å²) >= 11 is 0. The molecule has 1 unspecified atom stereocenters. The van der Waals surface area contributed by atoms with Crippen molar-refractivity contribution >= 4 is 17.6 Å². The number of carboxylic acids is 1. The maximum atomic E-state index is 14.1. The van der Waals surface area contributed by atoms with Gasteiger partial charge in [-0.3, -0.25) is 14.5 Å². The van der Waals surface area contributed by atoms with Crippen LogP contribution in [0.3, 0.4) is 0 Å². The number of ether oxygens (including phenoxy) is 1. The fraction of sp³-hybridized carbons (Fsp3) is 0.568. The van der Waals surface area contributed by atoms with E-state index in [0.29, 0.717) is 24.4 Å². The predicted octanol–water partition coefficient (Wildman–Crippen LogP) is 6.90. The van der Waals surface area contributed by atoms with Gasteiger partial charge in [-0.15, -0.1) is 0 Å². The van der Waals surface area contributed by atoms with Crippen LogP contribution >= 0.6 is 0 Å². The number of likely N-dealkylation sites (tertiary alicyclic amines) is 1. The zero-order valence-corrected chi connectivity index (χ0v) is 28.4. The molecule has 3 atom stereocenters. The zero-order chi connectivity index (χ0) is 32.4. The van der Waals surface area contributed by atoms with E-state index in [1.165, 1.54) is 22.3 Å². The molecule has 2 heterocycles. The third kappa shape index (κ3) is 11.1. The van der Waals surface area contributed by atoms with Gasteiger partial charge < -0.3 is 19.2 Å². The van der Waals surface area contributed by atoms with E-state index >= 15 is 0 Å². The average Bonchev–Trinajstić information content (AvgIpc) is 3.54. The minimum atomic E-state index is -0.833. The smallest absolute Gasteiger partial charge is 0.300 e. The van der Waals surface area contributed by atoms with E-state index in [1.807, 2.05) is 0 Å². The topological polar surface area (TPSA) is 70.1 Å². The van der Waals surface area contributed by atoms with Gasteiger partial charge in [-0.1, -0.05) is 56.2 Å². The lowest BCUT2D eigenvalue weighted by molar-refractivity contribution is -0.884. The Kier molecular flexibility index (Phi) is 13.0. The standard InChI is InChI=1S/C35H52N3O2.C2H4O2/c1-8-9-16-37(32-12-10-11-28(20-32)25-38(5,6)7)35(39)24-36-23-31(22-33(36)19-27(4)18-26(2)3)29-13-14-34-30(21-29)15-17-40-34;1-2(3)4/h10-14,18,20-21,27,31,33H,8-9,15-17,19,22-25H2,1-7H3;1H3,(H,3,4)/q+1;/t27-,31?,33+;/m1./s1. The van der Waals surface area contributed by atoms with Crippen LogP contribution in [0.2, 0.25) is 0 Å². The second-order valence-electron chi connectivity index (χ2n) is 14.0. The van der Waals surface area contributed by atoms with E-state index in [9.17, 15) is 4.79 Å². The van der Waals surface area contributed by atoms with E-state index in [2.05, 4.69) is 107 Å². The summed E-state index contributed by atoms with van der Waals surface area (Å²) in [5, 5.41) is 7.42. The van der Waals surface area contributed by atoms with Gasteiger partial charge in [0, 0.05) is 43.7 Å². The van der Waals surface area contributed by atoms with Crippen molar-refractivity contribution in [2.24, 2.45) is 5.92 Å². The summed E-state index contributed by atoms with van der Waals surface area (Å²) in [6.45, 7) is 13.9. The molecule has 0 bridgehead atoms. The first-order valence-electron chi connectivity index (χ1n) is 16.3. The van der Waals surface area contributed by atoms with Crippen LogP contribution in [-0.2, 0) is 22.6 Å². The number of benzene rings is 2. The Labute approximate surface area is 266 Å². The van der Waals surface area contributed by atoms with Crippen molar-refractivity contribution in [2.75, 3.05) is 52.3 Å². The summed E-state index contributed by atoms with van der Waals surface area (Å²) in [5.41, 5.74) is 6.40. The third-order valence-corrected chi connectivity index (χ3v) is 8.23. The Morgan fingerprint density at radius 3 is 2.52 bits per heavy atom. The van der Waals surface area contributed by atoms with Gasteiger partial charge in [-0.25, -0.2) is 0 Å². The van der Waals surface area contributed by atoms with Gasteiger partial charge >= 0.3 is 0 Å². The molecule has 1 fully saturated rings. The lowest BCUT2D eigenvalue weighted by atomic mass is 9.91. The Balaban J connectivity index is 0.00000124. The molecule has 1 amide bonds. The van der Waals surface area contributed by atoms with Crippen molar-refractivity contribution in [3.63, 3.8) is 0 Å². The number of hydrogen-bond donors (Lipinski definition) is 1. The quantitative estimate of drug-likeness (QED) is 0.210. The molecule has 7 heteroatoms. The number of hydrogen-bond acceptors (Lipinski definition) is 4. The summed E-state index contributed by atoms with van der Waals surface area (Å²) in [5.74, 6) is 1.36. The lowest BCUT2D eigenvalue weighted by Crippen LogP contribution is -2.43. The average molecular weight is 607 g/mol. The maximum Gasteiger partial charge on any atom is 0.300 e. The molecular formula is C37H56N3O4+. The first-order chi connectivity index (χ1) is 20.8. The zero-order valence-electron chi connectivity index (χ0n) is 28.4. The molecule has 242 valence electrons. The fourth-order valence-electron chi connectivity index (χ4n) is 6.53. The molecule has 0 radical (unpaired) electrons. The van der Waals surface area contributed by atoms with E-state index in [1.54, 1.807) is 0 Å². The number of nitrogens with zero attached hydrogens (tertiary/aromatic N) is 3. The summed E-state index contributed by atoms with van der Waals surface area (Å²) in [6, 6.07) is 15.8. The largest absolute Gasteiger partial charge is 0.493 e. The first-order valence-corrected chi connectivity index (χ1v) is 16.3. The van der Waals surface area contributed by atoms with Crippen molar-refractivity contribution in [3.8, 4) is 5.75 Å². The number of carboxylic acid groups (broad SMARTS) is 1. The van der Waals surface area contributed by atoms with Crippen molar-refractivity contribution in [1.29, 1.82) is 0 Å². The van der Waals surface area contributed by atoms with Gasteiger partial charge in [0.1, 0.15) is 12.3 Å². The van der Waals surface area contributed by atoms with E-state index < -0.39 is 5.97 Å². The normalized spacial score (nSPS) is 18.5. The first kappa shape index (κ1) is 35.3. The second-order valence-corrected chi connectivity index (χ2v) is 14.0. The maximum absolute atomic E-state index is 14.1. The molecule has 4 rings (SSSR count). The number of quaternary nitrogens is 1. The molecule has 0 aliphatic carbocycles. The number of allylic oxidation sites excluding steroid dienone is 2. The Bertz CT molecular complexity index is 1270. The number of rotatable bonds is 12. The number of fused-ring (bicyclic) bond motifs is 1. The SMILES string of the molecule is CC(=O)O.CCCCN(C(=O)CN1CC(c2ccc3c(c2)CCO3)C[C@@H]1C[C@H](C)C=C(C)C)c1cccc(C[N+](C)(C)C)c1. The molecular weight excluding hydrogens is 550 g/mol. The highest BCUT2D eigenvalue weighted by Crippen LogP contribution is 2.37. The molecule has 7 nitrogen and oxygen atoms in total. The number of carbonyl (C=O) groups excluding carboxylic acids is 1. The number of aliphatic carboxylic acids is 1. The van der Waals surface area contributed by atoms with Crippen molar-refractivity contribution in [3.05, 3.63) is 70.8 Å². The highest BCUT2D eigenvalue weighted by Gasteiger charge is 2.36. The number of carbonyl (C=O) groups is 2. The van der Waals surface area contributed by atoms with E-state index in [4.69, 9.17) is 14.6 Å². The van der Waals surface area contributed by atoms with Gasteiger partial charge in [0.05, 0.1) is 34.3 Å². The molecule has 2 aromatic rings. The van der Waals surface area contributed by atoms with Crippen LogP contribution in [0.4, 0.5) is 5.69 Å². The summed E-state index contributed by atoms with van der Waals surface area (Å²) in [7, 11) is 6.63. The summed E-state index contributed by atoms with van der Waals surface area (Å²) in [6.07, 6.45) is 7.63. The Morgan fingerprint density at radius 1 is 1.14 bits per heavy atom. The minimum Gasteiger partial charge on any atom is -0.493 e. The third-order valence-electron chi connectivity index (χ3n) is 8.23. The van der Waals surface area contributed by atoms with E-state index in [0.717, 1.165) is 81.2 Å². The summed E-state index contributed by atoms with van der Waals surface area (Å²) in [4.78, 5) is 27.6. The highest BCUT2D eigenvalue weighted by molar-refractivity contribution is 5.95. The highest BCUT2D eigenvalue weighted by atomic mass is 16.5. The molecule has 44 heavy (non-hydrogen) atoms. The number of unbranched alkanes of at least 4 members (excludes halogenated alkanes) is 1. The van der Waals surface area contributed by atoms with Crippen molar-refractivity contribution < 1.29 is 23.9 Å². The number of amides is 1. The van der Waals surface area contributed by atoms with Crippen LogP contribution in [-0.4, -0.2) is 79.8 Å². The molecule has 0 aromatic heterocycles. The van der Waals surface area contributed by atoms with Crippen LogP contribution in [0.1, 0.15) is 82.9 Å². The molecule has 2 aliphatic rings. The van der Waals surface area contributed by atoms with Crippen LogP contribution in [0.25, 0.3) is 0 Å². The fourth-order valence-corrected chi connectivity index (χ4v) is 6.53. The molecule has 1 N–H and O–H groups in total. The second kappa shape index (κ2) is 16.2. The molecule has 0 saturated carbocycles. The van der Waals surface area contributed by atoms with Gasteiger partial charge in [0.2, 0.25) is 5.91 Å². The Morgan fingerprint density at radius 2 is 1.86 bits per heavy atom. The Hall–Kier alpha value is -3.16. The van der Waals surface area contributed by atoms with Gasteiger partial charge in [-0.05, 0) is 74.3 Å². The van der Waals surface area contributed by atoms with Crippen LogP contribution in [0.5, 0.6) is 5.75 Å². The van der Waals surface area contributed by atoms with Gasteiger partial charge in [-0.2, -0.15) is 0 Å². The number of anilines is 1. The van der Waals surface area contributed by atoms with Crippen LogP contribution in [0, 0.1) is 5.92 Å². The van der Waals surface area contributed by atoms with Crippen molar-refractivity contribution in [1.82, 2.24) is 4.90 Å². The molecule has 2 aromatic carbocycles. The molecule has 0 spiro atoms. The predicted molar refractivity (Wildman–Crippen MR) is 180 cm³/mol. The summed E-state index contributed by atoms with van der Waals surface area (Å²) < 4.78 is 6.63. The van der Waals surface area contributed by atoms with Gasteiger partial charge in [0.15, 0.2) is 0 Å². The molecule has 2 aliphatic heterocycles. The van der Waals surface area contributed by atoms with Crippen LogP contribution < -0.4 is 9.64 Å². The van der Waals surface area contributed by atoms with Crippen molar-refractivity contribution in [2.45, 2.75) is 85.2 Å². The molecule has 1 saturated heterocycles. The van der Waals surface area contributed by atoms with E-state index in [-0.39, 0.29) is 5.91 Å². The van der Waals surface area contributed by atoms with Crippen LogP contribution in [0.15, 0.2) is 54.1 Å².